The van der Waals surface area contributed by atoms with Crippen molar-refractivity contribution in [2.75, 3.05) is 34.2 Å². The Balaban J connectivity index is 1.65. The number of hydrogen-bond donors (Lipinski definition) is 0. The maximum atomic E-state index is 13.0. The summed E-state index contributed by atoms with van der Waals surface area (Å²) in [6, 6.07) is 20.2. The summed E-state index contributed by atoms with van der Waals surface area (Å²) in [6.45, 7) is 0. The van der Waals surface area contributed by atoms with Gasteiger partial charge < -0.3 is 18.9 Å². The van der Waals surface area contributed by atoms with Gasteiger partial charge in [-0.05, 0) is 66.7 Å². The van der Waals surface area contributed by atoms with E-state index in [4.69, 9.17) is 23.9 Å². The molecule has 1 aromatic heterocycles. The number of benzene rings is 3. The van der Waals surface area contributed by atoms with Crippen molar-refractivity contribution in [2.24, 2.45) is 0 Å². The van der Waals surface area contributed by atoms with Crippen LogP contribution in [0.1, 0.15) is 10.4 Å². The van der Waals surface area contributed by atoms with Crippen LogP contribution in [0.5, 0.6) is 23.0 Å². The van der Waals surface area contributed by atoms with Crippen molar-refractivity contribution in [2.45, 2.75) is 5.16 Å². The normalized spacial score (nSPS) is 10.6. The van der Waals surface area contributed by atoms with Crippen molar-refractivity contribution in [3.63, 3.8) is 0 Å². The van der Waals surface area contributed by atoms with E-state index in [-0.39, 0.29) is 11.5 Å². The first-order valence-electron chi connectivity index (χ1n) is 11.0. The van der Waals surface area contributed by atoms with Gasteiger partial charge in [-0.3, -0.25) is 4.79 Å². The van der Waals surface area contributed by atoms with E-state index in [0.29, 0.717) is 33.6 Å². The first kappa shape index (κ1) is 25.0. The molecular weight excluding hydrogens is 478 g/mol. The number of aromatic nitrogens is 3. The third kappa shape index (κ3) is 5.58. The van der Waals surface area contributed by atoms with Gasteiger partial charge in [0.05, 0.1) is 39.8 Å². The Labute approximate surface area is 213 Å². The van der Waals surface area contributed by atoms with Gasteiger partial charge in [-0.25, -0.2) is 4.98 Å². The minimum Gasteiger partial charge on any atom is -0.497 e. The molecule has 0 saturated carbocycles. The SMILES string of the molecule is COc1ccc(-c2nnc(SCC(=O)c3cc(OC)ccc3OC)nc2-c2ccc(OC)cc2)cc1. The zero-order valence-electron chi connectivity index (χ0n) is 20.3. The molecule has 0 atom stereocenters. The topological polar surface area (TPSA) is 92.7 Å². The maximum absolute atomic E-state index is 13.0. The number of Topliss-reactive ketones (excluding diaryl/α,β-unsaturated/α-hetero) is 1. The smallest absolute Gasteiger partial charge is 0.210 e. The molecule has 4 aromatic rings. The number of carbonyl (C=O) groups is 1. The lowest BCUT2D eigenvalue weighted by Crippen LogP contribution is -2.07. The fraction of sp³-hybridized carbons (Fsp3) is 0.185. The Morgan fingerprint density at radius 1 is 0.694 bits per heavy atom. The molecule has 0 N–H and O–H groups in total. The Morgan fingerprint density at radius 3 is 1.81 bits per heavy atom. The van der Waals surface area contributed by atoms with Gasteiger partial charge in [0.25, 0.3) is 0 Å². The number of rotatable bonds is 10. The summed E-state index contributed by atoms with van der Waals surface area (Å²) in [5.41, 5.74) is 3.39. The summed E-state index contributed by atoms with van der Waals surface area (Å²) < 4.78 is 21.2. The second-order valence-electron chi connectivity index (χ2n) is 7.53. The summed E-state index contributed by atoms with van der Waals surface area (Å²) in [5, 5.41) is 9.15. The molecule has 0 aliphatic heterocycles. The lowest BCUT2D eigenvalue weighted by atomic mass is 10.0. The molecule has 0 aliphatic rings. The van der Waals surface area contributed by atoms with Crippen molar-refractivity contribution in [3.05, 3.63) is 72.3 Å². The van der Waals surface area contributed by atoms with Crippen LogP contribution in [0.3, 0.4) is 0 Å². The van der Waals surface area contributed by atoms with E-state index < -0.39 is 0 Å². The highest BCUT2D eigenvalue weighted by Crippen LogP contribution is 2.32. The van der Waals surface area contributed by atoms with Gasteiger partial charge >= 0.3 is 0 Å². The van der Waals surface area contributed by atoms with Crippen LogP contribution in [0.2, 0.25) is 0 Å². The molecule has 0 spiro atoms. The van der Waals surface area contributed by atoms with E-state index in [1.807, 2.05) is 48.5 Å². The molecule has 36 heavy (non-hydrogen) atoms. The van der Waals surface area contributed by atoms with Crippen LogP contribution in [0.4, 0.5) is 0 Å². The van der Waals surface area contributed by atoms with Crippen LogP contribution in [0.15, 0.2) is 71.9 Å². The number of hydrogen-bond acceptors (Lipinski definition) is 9. The third-order valence-electron chi connectivity index (χ3n) is 5.43. The monoisotopic (exact) mass is 503 g/mol. The highest BCUT2D eigenvalue weighted by Gasteiger charge is 2.18. The minimum absolute atomic E-state index is 0.106. The van der Waals surface area contributed by atoms with Gasteiger partial charge in [-0.2, -0.15) is 0 Å². The zero-order valence-corrected chi connectivity index (χ0v) is 21.2. The van der Waals surface area contributed by atoms with Crippen molar-refractivity contribution < 1.29 is 23.7 Å². The first-order valence-corrected chi connectivity index (χ1v) is 12.0. The van der Waals surface area contributed by atoms with E-state index in [1.165, 1.54) is 18.9 Å². The van der Waals surface area contributed by atoms with Crippen molar-refractivity contribution in [1.82, 2.24) is 15.2 Å². The van der Waals surface area contributed by atoms with Crippen LogP contribution in [-0.2, 0) is 0 Å². The minimum atomic E-state index is -0.135. The molecule has 3 aromatic carbocycles. The van der Waals surface area contributed by atoms with Gasteiger partial charge in [0.15, 0.2) is 5.78 Å². The van der Waals surface area contributed by atoms with Gasteiger partial charge in [0, 0.05) is 11.1 Å². The summed E-state index contributed by atoms with van der Waals surface area (Å²) in [6.07, 6.45) is 0. The molecule has 4 rings (SSSR count). The lowest BCUT2D eigenvalue weighted by molar-refractivity contribution is 0.101. The molecule has 8 nitrogen and oxygen atoms in total. The Hall–Kier alpha value is -4.11. The average Bonchev–Trinajstić information content (AvgIpc) is 2.95. The first-order chi connectivity index (χ1) is 17.6. The average molecular weight is 504 g/mol. The number of nitrogens with zero attached hydrogens (tertiary/aromatic N) is 3. The van der Waals surface area contributed by atoms with E-state index in [1.54, 1.807) is 39.5 Å². The van der Waals surface area contributed by atoms with E-state index in [2.05, 4.69) is 10.2 Å². The predicted octanol–water partition coefficient (Wildman–Crippen LogP) is 5.22. The largest absolute Gasteiger partial charge is 0.497 e. The molecule has 9 heteroatoms. The third-order valence-corrected chi connectivity index (χ3v) is 6.27. The van der Waals surface area contributed by atoms with Crippen molar-refractivity contribution in [3.8, 4) is 45.5 Å². The molecular formula is C27H25N3O5S. The second kappa shape index (κ2) is 11.5. The van der Waals surface area contributed by atoms with Crippen LogP contribution >= 0.6 is 11.8 Å². The molecule has 0 amide bonds. The van der Waals surface area contributed by atoms with Crippen LogP contribution in [0, 0.1) is 0 Å². The zero-order chi connectivity index (χ0) is 25.5. The molecule has 0 bridgehead atoms. The number of ketones is 1. The van der Waals surface area contributed by atoms with E-state index in [9.17, 15) is 4.79 Å². The fourth-order valence-electron chi connectivity index (χ4n) is 3.51. The highest BCUT2D eigenvalue weighted by molar-refractivity contribution is 7.99. The van der Waals surface area contributed by atoms with E-state index >= 15 is 0 Å². The Morgan fingerprint density at radius 2 is 1.25 bits per heavy atom. The number of carbonyl (C=O) groups excluding carboxylic acids is 1. The van der Waals surface area contributed by atoms with Crippen LogP contribution in [-0.4, -0.2) is 55.2 Å². The van der Waals surface area contributed by atoms with Crippen molar-refractivity contribution in [1.29, 1.82) is 0 Å². The molecule has 184 valence electrons. The number of thioether (sulfide) groups is 1. The maximum Gasteiger partial charge on any atom is 0.210 e. The highest BCUT2D eigenvalue weighted by atomic mass is 32.2. The molecule has 1 heterocycles. The Bertz CT molecular complexity index is 1340. The van der Waals surface area contributed by atoms with Crippen LogP contribution in [0.25, 0.3) is 22.5 Å². The molecule has 0 aliphatic carbocycles. The predicted molar refractivity (Wildman–Crippen MR) is 138 cm³/mol. The van der Waals surface area contributed by atoms with Gasteiger partial charge in [0.2, 0.25) is 5.16 Å². The number of ether oxygens (including phenoxy) is 4. The Kier molecular flexibility index (Phi) is 8.02. The number of methoxy groups -OCH3 is 4. The summed E-state index contributed by atoms with van der Waals surface area (Å²) >= 11 is 1.21. The van der Waals surface area contributed by atoms with Gasteiger partial charge in [0.1, 0.15) is 34.4 Å². The van der Waals surface area contributed by atoms with Crippen LogP contribution < -0.4 is 18.9 Å². The summed E-state index contributed by atoms with van der Waals surface area (Å²) in [5.74, 6) is 2.50. The lowest BCUT2D eigenvalue weighted by Gasteiger charge is -2.11. The second-order valence-corrected chi connectivity index (χ2v) is 8.47. The van der Waals surface area contributed by atoms with Gasteiger partial charge in [-0.1, -0.05) is 11.8 Å². The molecule has 0 saturated heterocycles. The quantitative estimate of drug-likeness (QED) is 0.213. The molecule has 0 radical (unpaired) electrons. The summed E-state index contributed by atoms with van der Waals surface area (Å²) in [7, 11) is 6.31. The fourth-order valence-corrected chi connectivity index (χ4v) is 4.18. The van der Waals surface area contributed by atoms with Crippen molar-refractivity contribution >= 4 is 17.5 Å². The molecule has 0 fully saturated rings. The summed E-state index contributed by atoms with van der Waals surface area (Å²) in [4.78, 5) is 17.8. The molecule has 0 unspecified atom stereocenters. The van der Waals surface area contributed by atoms with Gasteiger partial charge in [-0.15, -0.1) is 10.2 Å². The standard InChI is InChI=1S/C27H25N3O5S/c1-32-19-9-5-17(6-10-19)25-26(18-7-11-20(33-2)12-8-18)29-30-27(28-25)36-16-23(31)22-15-21(34-3)13-14-24(22)35-4/h5-15H,16H2,1-4H3. The van der Waals surface area contributed by atoms with E-state index in [0.717, 1.165) is 22.6 Å².